The number of anilines is 1. The highest BCUT2D eigenvalue weighted by Gasteiger charge is 2.43. The fraction of sp³-hybridized carbons (Fsp3) is 0.552. The molecule has 3 atom stereocenters. The van der Waals surface area contributed by atoms with Gasteiger partial charge in [0.25, 0.3) is 5.82 Å². The third-order valence-corrected chi connectivity index (χ3v) is 9.00. The fourth-order valence-corrected chi connectivity index (χ4v) is 6.45. The summed E-state index contributed by atoms with van der Waals surface area (Å²) in [6.07, 6.45) is 2.65. The lowest BCUT2D eigenvalue weighted by Gasteiger charge is -2.33. The Morgan fingerprint density at radius 3 is 2.56 bits per heavy atom. The van der Waals surface area contributed by atoms with E-state index in [1.165, 1.54) is 28.1 Å². The largest absolute Gasteiger partial charge is 0.493 e. The highest BCUT2D eigenvalue weighted by molar-refractivity contribution is 6.30. The van der Waals surface area contributed by atoms with E-state index in [4.69, 9.17) is 16.3 Å². The molecule has 1 aliphatic carbocycles. The average molecular weight is 622 g/mol. The van der Waals surface area contributed by atoms with Gasteiger partial charge in [-0.1, -0.05) is 17.7 Å². The van der Waals surface area contributed by atoms with Crippen molar-refractivity contribution in [3.63, 3.8) is 0 Å². The Labute approximate surface area is 251 Å². The maximum atomic E-state index is 14.9. The molecule has 1 saturated heterocycles. The molecular formula is C29H32ClF4N7O2. The van der Waals surface area contributed by atoms with Crippen LogP contribution in [0.4, 0.5) is 23.5 Å². The molecule has 2 unspecified atom stereocenters. The van der Waals surface area contributed by atoms with Gasteiger partial charge in [0, 0.05) is 25.7 Å². The number of piperidine rings is 1. The van der Waals surface area contributed by atoms with Crippen LogP contribution in [0.25, 0.3) is 0 Å². The number of ether oxygens (including phenoxy) is 1. The Morgan fingerprint density at radius 1 is 1.12 bits per heavy atom. The average Bonchev–Trinajstić information content (AvgIpc) is 3.60. The smallest absolute Gasteiger partial charge is 0.453 e. The van der Waals surface area contributed by atoms with Gasteiger partial charge in [-0.15, -0.1) is 5.10 Å². The van der Waals surface area contributed by atoms with Crippen molar-refractivity contribution in [2.75, 3.05) is 31.1 Å². The van der Waals surface area contributed by atoms with Gasteiger partial charge in [0.1, 0.15) is 17.4 Å². The van der Waals surface area contributed by atoms with Gasteiger partial charge in [-0.3, -0.25) is 4.79 Å². The van der Waals surface area contributed by atoms with Gasteiger partial charge in [0.15, 0.2) is 0 Å². The van der Waals surface area contributed by atoms with Gasteiger partial charge in [-0.2, -0.15) is 13.2 Å². The molecule has 4 heterocycles. The maximum Gasteiger partial charge on any atom is 0.453 e. The van der Waals surface area contributed by atoms with Gasteiger partial charge >= 0.3 is 6.18 Å². The summed E-state index contributed by atoms with van der Waals surface area (Å²) in [5, 5.41) is 4.05. The summed E-state index contributed by atoms with van der Waals surface area (Å²) in [6, 6.07) is 3.75. The number of amides is 1. The zero-order valence-electron chi connectivity index (χ0n) is 23.6. The van der Waals surface area contributed by atoms with Crippen molar-refractivity contribution in [1.29, 1.82) is 0 Å². The van der Waals surface area contributed by atoms with Crippen LogP contribution in [0.5, 0.6) is 5.75 Å². The molecule has 9 nitrogen and oxygen atoms in total. The van der Waals surface area contributed by atoms with Gasteiger partial charge in [0.2, 0.25) is 11.9 Å². The number of rotatable bonds is 8. The van der Waals surface area contributed by atoms with Crippen LogP contribution in [-0.4, -0.2) is 61.8 Å². The fourth-order valence-electron chi connectivity index (χ4n) is 6.35. The number of carbonyl (C=O) groups excluding carboxylic acids is 1. The van der Waals surface area contributed by atoms with Crippen molar-refractivity contribution in [3.8, 4) is 5.75 Å². The van der Waals surface area contributed by atoms with Crippen LogP contribution in [0, 0.1) is 23.6 Å². The minimum absolute atomic E-state index is 0.0621. The minimum atomic E-state index is -4.67. The summed E-state index contributed by atoms with van der Waals surface area (Å²) >= 11 is 5.89. The number of benzene rings is 1. The van der Waals surface area contributed by atoms with Crippen LogP contribution in [-0.2, 0) is 23.9 Å². The van der Waals surface area contributed by atoms with E-state index in [1.54, 1.807) is 25.4 Å². The first-order valence-corrected chi connectivity index (χ1v) is 14.9. The number of hydrogen-bond donors (Lipinski definition) is 0. The molecule has 0 bridgehead atoms. The predicted octanol–water partition coefficient (Wildman–Crippen LogP) is 5.35. The molecule has 230 valence electrons. The second-order valence-corrected chi connectivity index (χ2v) is 12.0. The molecule has 1 amide bonds. The van der Waals surface area contributed by atoms with Crippen LogP contribution >= 0.6 is 11.6 Å². The van der Waals surface area contributed by atoms with E-state index in [2.05, 4.69) is 25.0 Å². The second-order valence-electron chi connectivity index (χ2n) is 11.5. The molecule has 1 aromatic carbocycles. The molecule has 2 aliphatic heterocycles. The van der Waals surface area contributed by atoms with E-state index in [0.29, 0.717) is 35.1 Å². The lowest BCUT2D eigenvalue weighted by molar-refractivity contribution is -0.145. The van der Waals surface area contributed by atoms with E-state index < -0.39 is 29.8 Å². The second kappa shape index (κ2) is 11.9. The Morgan fingerprint density at radius 2 is 1.86 bits per heavy atom. The number of aromatic nitrogens is 5. The third kappa shape index (κ3) is 6.56. The molecule has 0 spiro atoms. The Bertz CT molecular complexity index is 1460. The van der Waals surface area contributed by atoms with Crippen molar-refractivity contribution in [3.05, 3.63) is 58.6 Å². The number of carbonyl (C=O) groups is 1. The molecule has 3 aromatic rings. The van der Waals surface area contributed by atoms with Gasteiger partial charge in [0.05, 0.1) is 43.0 Å². The van der Waals surface area contributed by atoms with Crippen LogP contribution in [0.1, 0.15) is 55.9 Å². The van der Waals surface area contributed by atoms with Crippen molar-refractivity contribution in [2.24, 2.45) is 17.8 Å². The first kappa shape index (κ1) is 29.6. The monoisotopic (exact) mass is 621 g/mol. The van der Waals surface area contributed by atoms with Crippen molar-refractivity contribution < 1.29 is 27.1 Å². The zero-order valence-corrected chi connectivity index (χ0v) is 24.4. The lowest BCUT2D eigenvalue weighted by Crippen LogP contribution is -2.42. The standard InChI is InChI=1S/C29H32ClF4N7O2/c1-17-26-37-27(29(32,33)34)38-41(26)10-9-40(17)25(42)13-20-2-3-22(14-24(20)31)43-11-6-19-12-23(19)18-4-7-39(8-5-18)28-35-15-21(30)16-36-28/h2-3,14-19,23H,4-13H2,1H3/t17?,19-,23?/m1/s1. The number of alkyl halides is 3. The van der Waals surface area contributed by atoms with E-state index in [0.717, 1.165) is 38.3 Å². The molecule has 2 fully saturated rings. The number of fused-ring (bicyclic) bond motifs is 1. The minimum Gasteiger partial charge on any atom is -0.493 e. The highest BCUT2D eigenvalue weighted by atomic mass is 35.5. The molecule has 0 radical (unpaired) electrons. The summed E-state index contributed by atoms with van der Waals surface area (Å²) in [6.45, 7) is 4.18. The maximum absolute atomic E-state index is 14.9. The molecule has 0 N–H and O–H groups in total. The quantitative estimate of drug-likeness (QED) is 0.314. The van der Waals surface area contributed by atoms with Gasteiger partial charge in [-0.25, -0.2) is 24.0 Å². The molecule has 43 heavy (non-hydrogen) atoms. The molecule has 14 heteroatoms. The van der Waals surface area contributed by atoms with Gasteiger partial charge < -0.3 is 14.5 Å². The van der Waals surface area contributed by atoms with E-state index in [1.807, 2.05) is 0 Å². The Kier molecular flexibility index (Phi) is 8.18. The topological polar surface area (TPSA) is 89.3 Å². The van der Waals surface area contributed by atoms with Crippen molar-refractivity contribution in [2.45, 2.75) is 57.8 Å². The molecule has 1 saturated carbocycles. The molecule has 2 aromatic heterocycles. The van der Waals surface area contributed by atoms with Crippen LogP contribution < -0.4 is 9.64 Å². The number of hydrogen-bond acceptors (Lipinski definition) is 7. The highest BCUT2D eigenvalue weighted by Crippen LogP contribution is 2.50. The van der Waals surface area contributed by atoms with E-state index >= 15 is 0 Å². The SMILES string of the molecule is CC1c2nc(C(F)(F)F)nn2CCN1C(=O)Cc1ccc(OCC[C@@H]2CC2C2CCN(c3ncc(Cl)cn3)CC2)cc1F. The van der Waals surface area contributed by atoms with Crippen LogP contribution in [0.2, 0.25) is 5.02 Å². The number of nitrogens with zero attached hydrogens (tertiary/aromatic N) is 7. The van der Waals surface area contributed by atoms with E-state index in [-0.39, 0.29) is 30.9 Å². The molecule has 6 rings (SSSR count). The summed E-state index contributed by atoms with van der Waals surface area (Å²) in [4.78, 5) is 28.8. The summed E-state index contributed by atoms with van der Waals surface area (Å²) < 4.78 is 61.0. The third-order valence-electron chi connectivity index (χ3n) is 8.80. The summed E-state index contributed by atoms with van der Waals surface area (Å²) in [5.41, 5.74) is 0.199. The molecule has 3 aliphatic rings. The van der Waals surface area contributed by atoms with E-state index in [9.17, 15) is 22.4 Å². The number of halogens is 5. The van der Waals surface area contributed by atoms with Crippen LogP contribution in [0.3, 0.4) is 0 Å². The predicted molar refractivity (Wildman–Crippen MR) is 149 cm³/mol. The summed E-state index contributed by atoms with van der Waals surface area (Å²) in [7, 11) is 0. The van der Waals surface area contributed by atoms with Crippen molar-refractivity contribution in [1.82, 2.24) is 29.6 Å². The first-order chi connectivity index (χ1) is 20.6. The summed E-state index contributed by atoms with van der Waals surface area (Å²) in [5.74, 6) is 0.978. The Balaban J connectivity index is 0.946. The first-order valence-electron chi connectivity index (χ1n) is 14.5. The Hall–Kier alpha value is -3.48. The van der Waals surface area contributed by atoms with Crippen LogP contribution in [0.15, 0.2) is 30.6 Å². The van der Waals surface area contributed by atoms with Gasteiger partial charge in [-0.05, 0) is 62.0 Å². The normalized spacial score (nSPS) is 22.4. The molecular weight excluding hydrogens is 590 g/mol. The van der Waals surface area contributed by atoms with Crippen molar-refractivity contribution >= 4 is 23.5 Å². The zero-order chi connectivity index (χ0) is 30.3. The lowest BCUT2D eigenvalue weighted by atomic mass is 9.90.